The molecule has 10 heteroatoms. The number of carbonyl (C=O) groups is 1. The number of aliphatic hydroxyl groups is 1. The minimum absolute atomic E-state index is 0.130. The molecule has 27 heavy (non-hydrogen) atoms. The molecule has 0 spiro atoms. The fraction of sp³-hybridized carbons (Fsp3) is 0.471. The van der Waals surface area contributed by atoms with E-state index in [1.54, 1.807) is 0 Å². The van der Waals surface area contributed by atoms with Crippen LogP contribution in [0.2, 0.25) is 0 Å². The molecule has 3 rings (SSSR count). The zero-order valence-corrected chi connectivity index (χ0v) is 14.4. The van der Waals surface area contributed by atoms with Crippen molar-refractivity contribution >= 4 is 5.91 Å². The van der Waals surface area contributed by atoms with Gasteiger partial charge in [-0.05, 0) is 31.4 Å². The van der Waals surface area contributed by atoms with Crippen LogP contribution in [0.3, 0.4) is 0 Å². The Bertz CT molecular complexity index is 819. The van der Waals surface area contributed by atoms with Crippen LogP contribution in [0.5, 0.6) is 0 Å². The summed E-state index contributed by atoms with van der Waals surface area (Å²) in [6.45, 7) is -1.26. The van der Waals surface area contributed by atoms with Crippen molar-refractivity contribution in [2.24, 2.45) is 11.5 Å². The Hall–Kier alpha value is -2.46. The van der Waals surface area contributed by atoms with Gasteiger partial charge < -0.3 is 16.6 Å². The Morgan fingerprint density at radius 1 is 1.26 bits per heavy atom. The van der Waals surface area contributed by atoms with E-state index in [9.17, 15) is 23.1 Å². The average molecular weight is 383 g/mol. The van der Waals surface area contributed by atoms with Crippen LogP contribution < -0.4 is 11.5 Å². The first-order valence-electron chi connectivity index (χ1n) is 8.49. The molecule has 1 aliphatic carbocycles. The quantitative estimate of drug-likeness (QED) is 0.740. The molecule has 1 amide bonds. The van der Waals surface area contributed by atoms with Crippen molar-refractivity contribution in [1.82, 2.24) is 14.8 Å². The third-order valence-corrected chi connectivity index (χ3v) is 4.68. The lowest BCUT2D eigenvalue weighted by Gasteiger charge is -2.30. The minimum atomic E-state index is -4.45. The summed E-state index contributed by atoms with van der Waals surface area (Å²) in [7, 11) is 0. The summed E-state index contributed by atoms with van der Waals surface area (Å²) < 4.78 is 39.8. The van der Waals surface area contributed by atoms with Gasteiger partial charge in [-0.25, -0.2) is 9.67 Å². The van der Waals surface area contributed by atoms with E-state index in [4.69, 9.17) is 11.5 Å². The zero-order valence-electron chi connectivity index (χ0n) is 14.4. The van der Waals surface area contributed by atoms with Crippen molar-refractivity contribution in [2.75, 3.05) is 0 Å². The summed E-state index contributed by atoms with van der Waals surface area (Å²) >= 11 is 0. The summed E-state index contributed by atoms with van der Waals surface area (Å²) in [5.41, 5.74) is 11.8. The van der Waals surface area contributed by atoms with E-state index in [1.807, 2.05) is 0 Å². The van der Waals surface area contributed by atoms with Crippen LogP contribution in [-0.4, -0.2) is 44.1 Å². The number of hydrogen-bond acceptors (Lipinski definition) is 5. The number of nitrogens with two attached hydrogens (primary N) is 2. The molecule has 1 saturated carbocycles. The Morgan fingerprint density at radius 2 is 1.93 bits per heavy atom. The number of halogens is 3. The fourth-order valence-electron chi connectivity index (χ4n) is 3.27. The molecule has 1 fully saturated rings. The Kier molecular flexibility index (Phi) is 5.20. The first-order valence-corrected chi connectivity index (χ1v) is 8.49. The molecule has 0 radical (unpaired) electrons. The predicted molar refractivity (Wildman–Crippen MR) is 90.6 cm³/mol. The third kappa shape index (κ3) is 4.45. The van der Waals surface area contributed by atoms with E-state index >= 15 is 0 Å². The number of alkyl halides is 3. The molecular weight excluding hydrogens is 363 g/mol. The van der Waals surface area contributed by atoms with Crippen LogP contribution in [0.4, 0.5) is 13.2 Å². The lowest BCUT2D eigenvalue weighted by Crippen LogP contribution is -2.40. The fourth-order valence-corrected chi connectivity index (χ4v) is 3.27. The topological polar surface area (TPSA) is 120 Å². The SMILES string of the molecule is NC(=O)c1ccc(-c2nc([C@H]3CC[C@@H](O)[C@H](N)C3)n(CC(F)(F)F)n2)cc1. The maximum absolute atomic E-state index is 13.0. The number of hydrogen-bond donors (Lipinski definition) is 3. The summed E-state index contributed by atoms with van der Waals surface area (Å²) in [6, 6.07) is 5.49. The highest BCUT2D eigenvalue weighted by atomic mass is 19.4. The van der Waals surface area contributed by atoms with Crippen molar-refractivity contribution < 1.29 is 23.1 Å². The lowest BCUT2D eigenvalue weighted by atomic mass is 9.83. The van der Waals surface area contributed by atoms with Gasteiger partial charge in [0.15, 0.2) is 5.82 Å². The molecular formula is C17H20F3N5O2. The van der Waals surface area contributed by atoms with Gasteiger partial charge in [-0.3, -0.25) is 4.79 Å². The molecule has 1 aromatic carbocycles. The van der Waals surface area contributed by atoms with Crippen LogP contribution in [-0.2, 0) is 6.54 Å². The minimum Gasteiger partial charge on any atom is -0.392 e. The smallest absolute Gasteiger partial charge is 0.392 e. The lowest BCUT2D eigenvalue weighted by molar-refractivity contribution is -0.143. The van der Waals surface area contributed by atoms with Crippen molar-refractivity contribution in [3.63, 3.8) is 0 Å². The first kappa shape index (κ1) is 19.3. The van der Waals surface area contributed by atoms with E-state index in [2.05, 4.69) is 10.1 Å². The predicted octanol–water partition coefficient (Wildman–Crippen LogP) is 1.56. The number of nitrogens with zero attached hydrogens (tertiary/aromatic N) is 3. The standard InChI is InChI=1S/C17H20F3N5O2/c18-17(19,20)8-25-16(11-5-6-13(26)12(21)7-11)23-15(24-25)10-3-1-9(2-4-10)14(22)27/h1-4,11-13,26H,5-8,21H2,(H2,22,27)/t11-,12+,13+/m0/s1. The van der Waals surface area contributed by atoms with E-state index < -0.39 is 30.8 Å². The van der Waals surface area contributed by atoms with Gasteiger partial charge in [-0.1, -0.05) is 12.1 Å². The molecule has 7 nitrogen and oxygen atoms in total. The Balaban J connectivity index is 1.95. The molecule has 1 heterocycles. The van der Waals surface area contributed by atoms with Crippen molar-refractivity contribution in [3.8, 4) is 11.4 Å². The molecule has 0 unspecified atom stereocenters. The molecule has 0 bridgehead atoms. The van der Waals surface area contributed by atoms with Gasteiger partial charge in [0.2, 0.25) is 5.91 Å². The second kappa shape index (κ2) is 7.28. The maximum atomic E-state index is 13.0. The van der Waals surface area contributed by atoms with E-state index in [-0.39, 0.29) is 23.1 Å². The largest absolute Gasteiger partial charge is 0.408 e. The van der Waals surface area contributed by atoms with E-state index in [0.29, 0.717) is 24.8 Å². The van der Waals surface area contributed by atoms with Gasteiger partial charge in [0.25, 0.3) is 0 Å². The molecule has 0 saturated heterocycles. The average Bonchev–Trinajstić information content (AvgIpc) is 2.99. The van der Waals surface area contributed by atoms with E-state index in [1.165, 1.54) is 24.3 Å². The van der Waals surface area contributed by atoms with Crippen LogP contribution in [0.1, 0.15) is 41.4 Å². The van der Waals surface area contributed by atoms with Gasteiger partial charge in [0.1, 0.15) is 12.4 Å². The van der Waals surface area contributed by atoms with Crippen molar-refractivity contribution in [1.29, 1.82) is 0 Å². The monoisotopic (exact) mass is 383 g/mol. The molecule has 3 atom stereocenters. The van der Waals surface area contributed by atoms with Crippen LogP contribution in [0, 0.1) is 0 Å². The second-order valence-corrected chi connectivity index (χ2v) is 6.75. The number of aromatic nitrogens is 3. The van der Waals surface area contributed by atoms with Gasteiger partial charge in [0.05, 0.1) is 6.10 Å². The third-order valence-electron chi connectivity index (χ3n) is 4.68. The van der Waals surface area contributed by atoms with Crippen LogP contribution >= 0.6 is 0 Å². The number of carbonyl (C=O) groups excluding carboxylic acids is 1. The summed E-state index contributed by atoms with van der Waals surface area (Å²) in [5, 5.41) is 13.8. The molecule has 5 N–H and O–H groups in total. The molecule has 1 aliphatic rings. The normalized spacial score (nSPS) is 23.4. The summed E-state index contributed by atoms with van der Waals surface area (Å²) in [4.78, 5) is 15.5. The van der Waals surface area contributed by atoms with Crippen molar-refractivity contribution in [3.05, 3.63) is 35.7 Å². The van der Waals surface area contributed by atoms with Crippen LogP contribution in [0.15, 0.2) is 24.3 Å². The van der Waals surface area contributed by atoms with Gasteiger partial charge in [-0.15, -0.1) is 0 Å². The highest BCUT2D eigenvalue weighted by Gasteiger charge is 2.35. The van der Waals surface area contributed by atoms with E-state index in [0.717, 1.165) is 4.68 Å². The molecule has 1 aromatic heterocycles. The second-order valence-electron chi connectivity index (χ2n) is 6.75. The Labute approximate surface area is 153 Å². The number of benzene rings is 1. The maximum Gasteiger partial charge on any atom is 0.408 e. The molecule has 146 valence electrons. The molecule has 2 aromatic rings. The molecule has 0 aliphatic heterocycles. The van der Waals surface area contributed by atoms with Gasteiger partial charge >= 0.3 is 6.18 Å². The van der Waals surface area contributed by atoms with Gasteiger partial charge in [0, 0.05) is 23.1 Å². The first-order chi connectivity index (χ1) is 12.6. The summed E-state index contributed by atoms with van der Waals surface area (Å²) in [5.74, 6) is -0.599. The Morgan fingerprint density at radius 3 is 2.48 bits per heavy atom. The number of aliphatic hydroxyl groups excluding tert-OH is 1. The van der Waals surface area contributed by atoms with Gasteiger partial charge in [-0.2, -0.15) is 18.3 Å². The highest BCUT2D eigenvalue weighted by molar-refractivity contribution is 5.93. The van der Waals surface area contributed by atoms with Crippen molar-refractivity contribution in [2.45, 2.75) is 50.0 Å². The number of rotatable bonds is 4. The summed E-state index contributed by atoms with van der Waals surface area (Å²) in [6.07, 6.45) is -3.91. The zero-order chi connectivity index (χ0) is 19.8. The number of primary amides is 1. The highest BCUT2D eigenvalue weighted by Crippen LogP contribution is 2.33. The number of amides is 1. The van der Waals surface area contributed by atoms with Crippen LogP contribution in [0.25, 0.3) is 11.4 Å².